The Morgan fingerprint density at radius 3 is 0.846 bits per heavy atom. The van der Waals surface area contributed by atoms with Crippen molar-refractivity contribution in [3.8, 4) is 0 Å². The lowest BCUT2D eigenvalue weighted by Crippen LogP contribution is -2.24. The minimum Gasteiger partial charge on any atom is -0.353 e. The number of fused-ring (bicyclic) bond motifs is 1. The van der Waals surface area contributed by atoms with Gasteiger partial charge in [-0.25, -0.2) is 0 Å². The van der Waals surface area contributed by atoms with E-state index in [2.05, 4.69) is 121 Å². The molecule has 0 atom stereocenters. The second-order valence-corrected chi connectivity index (χ2v) is 19.2. The smallest absolute Gasteiger partial charge is 0.0648 e. The second kappa shape index (κ2) is 35.1. The van der Waals surface area contributed by atoms with Crippen LogP contribution < -0.4 is 9.80 Å². The van der Waals surface area contributed by atoms with E-state index in [1.165, 1.54) is 199 Å². The van der Waals surface area contributed by atoms with E-state index in [0.717, 1.165) is 23.5 Å². The molecule has 0 unspecified atom stereocenters. The van der Waals surface area contributed by atoms with Gasteiger partial charge in [0, 0.05) is 22.1 Å². The molecule has 0 saturated carbocycles. The fourth-order valence-corrected chi connectivity index (χ4v) is 11.0. The molecule has 0 aliphatic carbocycles. The Labute approximate surface area is 341 Å². The van der Waals surface area contributed by atoms with Crippen molar-refractivity contribution in [2.24, 2.45) is 0 Å². The molecule has 0 aliphatic rings. The first-order chi connectivity index (χ1) is 25.8. The topological polar surface area (TPSA) is 6.48 Å². The molecule has 2 aromatic rings. The summed E-state index contributed by atoms with van der Waals surface area (Å²) in [6.07, 6.45) is 33.2. The third-order valence-electron chi connectivity index (χ3n) is 10.1. The summed E-state index contributed by atoms with van der Waals surface area (Å²) in [5, 5.41) is 2.87. The maximum Gasteiger partial charge on any atom is 0.0648 e. The number of anilines is 2. The summed E-state index contributed by atoms with van der Waals surface area (Å²) in [7, 11) is 0. The summed E-state index contributed by atoms with van der Waals surface area (Å²) in [6.45, 7) is 9.26. The molecule has 0 heterocycles. The summed E-state index contributed by atoms with van der Waals surface area (Å²) < 4.78 is 0. The van der Waals surface area contributed by atoms with Crippen LogP contribution in [0.1, 0.15) is 182 Å². The summed E-state index contributed by atoms with van der Waals surface area (Å²) in [5.41, 5.74) is 2.87. The number of rotatable bonds is 38. The van der Waals surface area contributed by atoms with Gasteiger partial charge in [0.1, 0.15) is 0 Å². The van der Waals surface area contributed by atoms with E-state index in [1.54, 1.807) is 0 Å². The molecule has 52 heavy (non-hydrogen) atoms. The normalized spacial score (nSPS) is 11.5. The summed E-state index contributed by atoms with van der Waals surface area (Å²) in [6, 6.07) is 14.3. The lowest BCUT2D eigenvalue weighted by molar-refractivity contribution is 0.627. The van der Waals surface area contributed by atoms with Crippen molar-refractivity contribution < 1.29 is 0 Å². The van der Waals surface area contributed by atoms with E-state index >= 15 is 0 Å². The Kier molecular flexibility index (Phi) is 32.3. The molecule has 0 fully saturated rings. The molecular weight excluding hydrogens is 709 g/mol. The highest BCUT2D eigenvalue weighted by atomic mass is 32.2. The highest BCUT2D eigenvalue weighted by Gasteiger charge is 2.16. The van der Waals surface area contributed by atoms with Crippen molar-refractivity contribution in [1.82, 2.24) is 0 Å². The van der Waals surface area contributed by atoms with Crippen LogP contribution in [0.25, 0.3) is 10.8 Å². The van der Waals surface area contributed by atoms with Crippen LogP contribution in [0.2, 0.25) is 0 Å². The van der Waals surface area contributed by atoms with Crippen molar-refractivity contribution >= 4 is 69.2 Å². The maximum atomic E-state index is 2.71. The van der Waals surface area contributed by atoms with Gasteiger partial charge < -0.3 is 9.80 Å². The van der Waals surface area contributed by atoms with Crippen molar-refractivity contribution in [3.05, 3.63) is 36.4 Å². The lowest BCUT2D eigenvalue weighted by Gasteiger charge is -2.29. The second-order valence-electron chi connectivity index (χ2n) is 14.9. The molecule has 0 amide bonds. The van der Waals surface area contributed by atoms with Gasteiger partial charge in [0.25, 0.3) is 0 Å². The predicted octanol–water partition coefficient (Wildman–Crippen LogP) is 16.7. The molecule has 6 heteroatoms. The number of unbranched alkanes of at least 4 members (excludes halogenated alkanes) is 20. The Balaban J connectivity index is 2.14. The summed E-state index contributed by atoms with van der Waals surface area (Å²) >= 11 is 8.62. The zero-order valence-electron chi connectivity index (χ0n) is 34.6. The average molecular weight is 791 g/mol. The van der Waals surface area contributed by atoms with Gasteiger partial charge in [-0.3, -0.25) is 0 Å². The van der Waals surface area contributed by atoms with Crippen LogP contribution in [0.5, 0.6) is 0 Å². The molecule has 2 nitrogen and oxygen atoms in total. The van der Waals surface area contributed by atoms with Crippen LogP contribution in [0.4, 0.5) is 11.4 Å². The van der Waals surface area contributed by atoms with E-state index in [9.17, 15) is 0 Å². The minimum atomic E-state index is 1.09. The first-order valence-electron chi connectivity index (χ1n) is 22.1. The first-order valence-corrected chi connectivity index (χ1v) is 26.7. The molecular formula is C46H82N2S4. The number of benzene rings is 2. The van der Waals surface area contributed by atoms with Gasteiger partial charge in [0.15, 0.2) is 0 Å². The largest absolute Gasteiger partial charge is 0.353 e. The van der Waals surface area contributed by atoms with Crippen LogP contribution in [-0.2, 0) is 0 Å². The molecule has 0 N–H and O–H groups in total. The van der Waals surface area contributed by atoms with Gasteiger partial charge in [-0.15, -0.1) is 47.0 Å². The first kappa shape index (κ1) is 47.9. The molecule has 0 aromatic heterocycles. The van der Waals surface area contributed by atoms with Gasteiger partial charge in [0.2, 0.25) is 0 Å². The van der Waals surface area contributed by atoms with E-state index in [1.807, 2.05) is 0 Å². The minimum absolute atomic E-state index is 1.09. The third-order valence-corrected chi connectivity index (χ3v) is 14.4. The fraction of sp³-hybridized carbons (Fsp3) is 0.783. The van der Waals surface area contributed by atoms with Gasteiger partial charge in [-0.1, -0.05) is 180 Å². The average Bonchev–Trinajstić information content (AvgIpc) is 3.17. The van der Waals surface area contributed by atoms with Crippen molar-refractivity contribution in [2.45, 2.75) is 182 Å². The van der Waals surface area contributed by atoms with E-state index in [4.69, 9.17) is 0 Å². The van der Waals surface area contributed by atoms with Crippen LogP contribution >= 0.6 is 47.0 Å². The molecule has 0 bridgehead atoms. The van der Waals surface area contributed by atoms with E-state index in [0.29, 0.717) is 0 Å². The predicted molar refractivity (Wildman–Crippen MR) is 252 cm³/mol. The van der Waals surface area contributed by atoms with Gasteiger partial charge in [-0.2, -0.15) is 0 Å². The summed E-state index contributed by atoms with van der Waals surface area (Å²) in [4.78, 5) is 5.42. The molecule has 0 radical (unpaired) electrons. The molecule has 2 rings (SSSR count). The Morgan fingerprint density at radius 2 is 0.577 bits per heavy atom. The maximum absolute atomic E-state index is 2.71. The number of nitrogens with zero attached hydrogens (tertiary/aromatic N) is 2. The zero-order chi connectivity index (χ0) is 37.2. The quantitative estimate of drug-likeness (QED) is 0.0490. The third kappa shape index (κ3) is 22.9. The van der Waals surface area contributed by atoms with Crippen molar-refractivity contribution in [1.29, 1.82) is 0 Å². The van der Waals surface area contributed by atoms with E-state index < -0.39 is 0 Å². The molecule has 300 valence electrons. The van der Waals surface area contributed by atoms with Crippen LogP contribution in [0.15, 0.2) is 36.4 Å². The highest BCUT2D eigenvalue weighted by Crippen LogP contribution is 2.36. The van der Waals surface area contributed by atoms with E-state index in [-0.39, 0.29) is 0 Å². The molecule has 0 saturated heterocycles. The van der Waals surface area contributed by atoms with Crippen LogP contribution in [-0.4, -0.2) is 46.5 Å². The Hall–Kier alpha value is -0.300. The molecule has 0 spiro atoms. The number of thioether (sulfide) groups is 4. The Morgan fingerprint density at radius 1 is 0.327 bits per heavy atom. The van der Waals surface area contributed by atoms with Crippen molar-refractivity contribution in [3.63, 3.8) is 0 Å². The van der Waals surface area contributed by atoms with Crippen LogP contribution in [0.3, 0.4) is 0 Å². The number of hydrogen-bond donors (Lipinski definition) is 0. The SMILES string of the molecule is CCCCCCCCSCN(CSCCCCCCCC)c1cccc2c(N(CSCCCCCCCC)CSCCCCCCCC)cccc12. The fourth-order valence-electron chi connectivity index (χ4n) is 6.82. The molecule has 0 aliphatic heterocycles. The number of hydrogen-bond acceptors (Lipinski definition) is 6. The molecule has 2 aromatic carbocycles. The lowest BCUT2D eigenvalue weighted by atomic mass is 10.1. The van der Waals surface area contributed by atoms with Gasteiger partial charge in [0.05, 0.1) is 23.5 Å². The van der Waals surface area contributed by atoms with Gasteiger partial charge >= 0.3 is 0 Å². The Bertz CT molecular complexity index is 943. The summed E-state index contributed by atoms with van der Waals surface area (Å²) in [5.74, 6) is 9.48. The monoisotopic (exact) mass is 791 g/mol. The van der Waals surface area contributed by atoms with Gasteiger partial charge in [-0.05, 0) is 60.8 Å². The standard InChI is InChI=1S/C46H82N2S4/c1-5-9-13-17-21-25-35-49-39-47(40-50-36-26-22-18-14-10-6-2)45-33-29-32-44-43(45)31-30-34-46(44)48(41-51-37-27-23-19-15-11-7-3)42-52-38-28-24-20-16-12-8-4/h29-34H,5-28,35-42H2,1-4H3. The van der Waals surface area contributed by atoms with Crippen molar-refractivity contribution in [2.75, 3.05) is 56.3 Å². The highest BCUT2D eigenvalue weighted by molar-refractivity contribution is 8.00. The zero-order valence-corrected chi connectivity index (χ0v) is 37.9. The van der Waals surface area contributed by atoms with Crippen LogP contribution in [0, 0.1) is 0 Å².